The second-order valence-electron chi connectivity index (χ2n) is 12.2. The average Bonchev–Trinajstić information content (AvgIpc) is 3.76. The van der Waals surface area contributed by atoms with Crippen molar-refractivity contribution in [1.82, 2.24) is 20.1 Å². The van der Waals surface area contributed by atoms with Crippen molar-refractivity contribution in [3.05, 3.63) is 45.2 Å². The van der Waals surface area contributed by atoms with Gasteiger partial charge in [-0.05, 0) is 45.1 Å². The molecule has 0 radical (unpaired) electrons. The summed E-state index contributed by atoms with van der Waals surface area (Å²) in [6, 6.07) is -1.64. The molecule has 0 bridgehead atoms. The third kappa shape index (κ3) is 8.13. The number of esters is 2. The van der Waals surface area contributed by atoms with Crippen molar-refractivity contribution >= 4 is 35.1 Å². The second kappa shape index (κ2) is 15.7. The van der Waals surface area contributed by atoms with Gasteiger partial charge in [0.25, 0.3) is 0 Å². The van der Waals surface area contributed by atoms with Crippen LogP contribution < -0.4 is 10.1 Å². The average molecular weight is 707 g/mol. The van der Waals surface area contributed by atoms with Crippen LogP contribution in [-0.2, 0) is 19.1 Å². The van der Waals surface area contributed by atoms with E-state index in [0.717, 1.165) is 23.6 Å². The summed E-state index contributed by atoms with van der Waals surface area (Å²) >= 11 is 0.788. The standard InChI is InChI=1S/C32H41F5N4O6S/c1-9-16(4)26(39-31(45)32(6)11-10-12-40(32)7)29(43)41(8)19(15(2)3)13-20(46-17(5)42)28-38-18(14-48-28)30(44)47-27-24(36)22(34)21(33)23(35)25(27)37/h14-16,19-20,26H,9-13H2,1-8H3,(H,39,45)/t16-,19+,20+,26-,32-/m0/s1/i6D,7D. The van der Waals surface area contributed by atoms with Crippen molar-refractivity contribution in [2.24, 2.45) is 11.8 Å². The minimum Gasteiger partial charge on any atom is -0.455 e. The number of nitrogens with one attached hydrogen (secondary N) is 1. The van der Waals surface area contributed by atoms with E-state index < -0.39 is 88.0 Å². The molecule has 2 heterocycles. The molecule has 1 fully saturated rings. The van der Waals surface area contributed by atoms with Crippen LogP contribution in [-0.4, -0.2) is 76.8 Å². The van der Waals surface area contributed by atoms with Crippen molar-refractivity contribution in [3.8, 4) is 5.75 Å². The summed E-state index contributed by atoms with van der Waals surface area (Å²) in [7, 11) is 1.36. The van der Waals surface area contributed by atoms with E-state index in [1.807, 2.05) is 20.8 Å². The normalized spacial score (nSPS) is 19.6. The Labute approximate surface area is 282 Å². The molecule has 1 aliphatic rings. The fourth-order valence-corrected chi connectivity index (χ4v) is 6.21. The number of hydrogen-bond acceptors (Lipinski definition) is 9. The van der Waals surface area contributed by atoms with Gasteiger partial charge < -0.3 is 19.7 Å². The summed E-state index contributed by atoms with van der Waals surface area (Å²) in [4.78, 5) is 59.7. The molecule has 5 atom stereocenters. The number of nitrogens with zero attached hydrogens (tertiary/aromatic N) is 3. The maximum atomic E-state index is 14.1. The molecule has 1 aromatic heterocycles. The second-order valence-corrected chi connectivity index (χ2v) is 13.1. The van der Waals surface area contributed by atoms with Gasteiger partial charge in [-0.3, -0.25) is 19.3 Å². The minimum atomic E-state index is -2.43. The Morgan fingerprint density at radius 1 is 1.10 bits per heavy atom. The van der Waals surface area contributed by atoms with Crippen LogP contribution in [0.25, 0.3) is 0 Å². The molecule has 1 aromatic carbocycles. The highest BCUT2D eigenvalue weighted by Gasteiger charge is 2.44. The molecule has 266 valence electrons. The van der Waals surface area contributed by atoms with Crippen molar-refractivity contribution in [3.63, 3.8) is 0 Å². The van der Waals surface area contributed by atoms with E-state index in [1.165, 1.54) is 11.9 Å². The van der Waals surface area contributed by atoms with E-state index in [-0.39, 0.29) is 37.2 Å². The summed E-state index contributed by atoms with van der Waals surface area (Å²) in [6.45, 7) is 8.61. The van der Waals surface area contributed by atoms with Crippen LogP contribution in [0, 0.1) is 40.9 Å². The minimum absolute atomic E-state index is 0.0111. The molecule has 3 rings (SSSR count). The third-order valence-corrected chi connectivity index (χ3v) is 9.50. The molecule has 2 aromatic rings. The smallest absolute Gasteiger partial charge is 0.363 e. The molecule has 0 spiro atoms. The van der Waals surface area contributed by atoms with Gasteiger partial charge in [-0.2, -0.15) is 8.78 Å². The zero-order valence-corrected chi connectivity index (χ0v) is 28.3. The molecule has 1 saturated heterocycles. The Hall–Kier alpha value is -3.66. The number of likely N-dealkylation sites (tertiary alicyclic amines) is 1. The summed E-state index contributed by atoms with van der Waals surface area (Å²) in [5.41, 5.74) is -1.81. The number of carbonyl (C=O) groups excluding carboxylic acids is 4. The Kier molecular flexibility index (Phi) is 11.7. The number of benzene rings is 1. The first kappa shape index (κ1) is 35.6. The van der Waals surface area contributed by atoms with Crippen molar-refractivity contribution in [2.75, 3.05) is 20.6 Å². The van der Waals surface area contributed by atoms with E-state index in [1.54, 1.807) is 11.8 Å². The maximum absolute atomic E-state index is 14.1. The zero-order chi connectivity index (χ0) is 37.7. The van der Waals surface area contributed by atoms with E-state index in [4.69, 9.17) is 7.48 Å². The number of likely N-dealkylation sites (N-methyl/N-ethyl adjacent to an activating group) is 2. The van der Waals surface area contributed by atoms with E-state index in [9.17, 15) is 41.1 Å². The van der Waals surface area contributed by atoms with Crippen LogP contribution in [0.1, 0.15) is 91.5 Å². The highest BCUT2D eigenvalue weighted by atomic mass is 32.1. The Bertz CT molecular complexity index is 1560. The lowest BCUT2D eigenvalue weighted by molar-refractivity contribution is -0.149. The molecule has 48 heavy (non-hydrogen) atoms. The number of rotatable bonds is 13. The zero-order valence-electron chi connectivity index (χ0n) is 29.5. The quantitative estimate of drug-likeness (QED) is 0.0948. The molecule has 1 aliphatic heterocycles. The Morgan fingerprint density at radius 2 is 1.73 bits per heavy atom. The number of carbonyl (C=O) groups is 4. The molecular formula is C32H41F5N4O6S. The van der Waals surface area contributed by atoms with Crippen molar-refractivity contribution in [2.45, 2.75) is 90.9 Å². The molecule has 2 amide bonds. The number of aromatic nitrogens is 1. The topological polar surface area (TPSA) is 118 Å². The number of hydrogen-bond donors (Lipinski definition) is 1. The van der Waals surface area contributed by atoms with Gasteiger partial charge in [0.2, 0.25) is 46.6 Å². The highest BCUT2D eigenvalue weighted by molar-refractivity contribution is 7.09. The first-order valence-corrected chi connectivity index (χ1v) is 16.1. The lowest BCUT2D eigenvalue weighted by Gasteiger charge is -2.38. The van der Waals surface area contributed by atoms with Gasteiger partial charge in [-0.25, -0.2) is 22.9 Å². The number of amides is 2. The van der Waals surface area contributed by atoms with Gasteiger partial charge in [0.1, 0.15) is 11.0 Å². The predicted octanol–water partition coefficient (Wildman–Crippen LogP) is 5.55. The van der Waals surface area contributed by atoms with Crippen LogP contribution in [0.15, 0.2) is 5.38 Å². The van der Waals surface area contributed by atoms with Crippen LogP contribution >= 0.6 is 11.3 Å². The Morgan fingerprint density at radius 3 is 2.27 bits per heavy atom. The first-order chi connectivity index (χ1) is 23.4. The van der Waals surface area contributed by atoms with Gasteiger partial charge in [-0.1, -0.05) is 34.1 Å². The van der Waals surface area contributed by atoms with Gasteiger partial charge in [-0.15, -0.1) is 11.3 Å². The number of halogens is 5. The van der Waals surface area contributed by atoms with Crippen LogP contribution in [0.3, 0.4) is 0 Å². The molecule has 10 nitrogen and oxygen atoms in total. The molecule has 1 N–H and O–H groups in total. The first-order valence-electron chi connectivity index (χ1n) is 16.6. The van der Waals surface area contributed by atoms with E-state index >= 15 is 0 Å². The summed E-state index contributed by atoms with van der Waals surface area (Å²) < 4.78 is 94.9. The van der Waals surface area contributed by atoms with E-state index in [0.29, 0.717) is 25.8 Å². The molecule has 0 unspecified atom stereocenters. The number of ether oxygens (including phenoxy) is 2. The lowest BCUT2D eigenvalue weighted by Crippen LogP contribution is -2.60. The number of thiazole rings is 1. The summed E-state index contributed by atoms with van der Waals surface area (Å²) in [5.74, 6) is -17.4. The summed E-state index contributed by atoms with van der Waals surface area (Å²) in [5, 5.41) is 3.96. The van der Waals surface area contributed by atoms with Gasteiger partial charge >= 0.3 is 11.9 Å². The van der Waals surface area contributed by atoms with Gasteiger partial charge in [0, 0.05) is 34.6 Å². The predicted molar refractivity (Wildman–Crippen MR) is 165 cm³/mol. The molecular weight excluding hydrogens is 663 g/mol. The largest absolute Gasteiger partial charge is 0.455 e. The Balaban J connectivity index is 1.88. The van der Waals surface area contributed by atoms with Gasteiger partial charge in [0.15, 0.2) is 11.8 Å². The highest BCUT2D eigenvalue weighted by Crippen LogP contribution is 2.33. The van der Waals surface area contributed by atoms with Crippen molar-refractivity contribution in [1.29, 1.82) is 0 Å². The van der Waals surface area contributed by atoms with Gasteiger partial charge in [0.05, 0.1) is 5.54 Å². The fraction of sp³-hybridized carbons (Fsp3) is 0.594. The van der Waals surface area contributed by atoms with E-state index in [2.05, 4.69) is 15.0 Å². The molecule has 0 aliphatic carbocycles. The lowest BCUT2D eigenvalue weighted by atomic mass is 9.91. The van der Waals surface area contributed by atoms with Crippen LogP contribution in [0.4, 0.5) is 22.0 Å². The monoisotopic (exact) mass is 706 g/mol. The SMILES string of the molecule is [2H]CN1CCC[C@@]1(C[2H])C(=O)N[C@H](C(=O)N(C)[C@H](C[C@@H](OC(C)=O)c1nc(C(=O)Oc2c(F)c(F)c(F)c(F)c2F)cs1)C(C)C)[C@@H](C)CC. The molecule has 0 saturated carbocycles. The van der Waals surface area contributed by atoms with Crippen LogP contribution in [0.5, 0.6) is 5.75 Å². The molecule has 16 heteroatoms. The third-order valence-electron chi connectivity index (χ3n) is 8.56. The maximum Gasteiger partial charge on any atom is 0.363 e. The van der Waals surface area contributed by atoms with Crippen molar-refractivity contribution < 1.29 is 53.3 Å². The fourth-order valence-electron chi connectivity index (χ4n) is 5.38. The summed E-state index contributed by atoms with van der Waals surface area (Å²) in [6.07, 6.45) is 0.313. The van der Waals surface area contributed by atoms with Crippen LogP contribution in [0.2, 0.25) is 0 Å².